The van der Waals surface area contributed by atoms with Gasteiger partial charge in [-0.05, 0) is 16.7 Å². The molecule has 0 spiro atoms. The largest absolute Gasteiger partial charge is 0.356 e. The number of aromatic nitrogens is 1. The van der Waals surface area contributed by atoms with Crippen molar-refractivity contribution in [3.05, 3.63) is 106 Å². The number of nitro groups is 1. The van der Waals surface area contributed by atoms with E-state index in [4.69, 9.17) is 4.52 Å². The zero-order chi connectivity index (χ0) is 21.6. The molecular weight excluding hydrogens is 394 g/mol. The van der Waals surface area contributed by atoms with Crippen LogP contribution in [0, 0.1) is 10.1 Å². The molecule has 0 saturated carbocycles. The molecule has 4 aromatic rings. The second kappa shape index (κ2) is 9.04. The Kier molecular flexibility index (Phi) is 5.84. The number of benzene rings is 3. The lowest BCUT2D eigenvalue weighted by molar-refractivity contribution is -0.384. The molecule has 7 heteroatoms. The number of carbonyl (C=O) groups excluding carboxylic acids is 1. The average molecular weight is 413 g/mol. The highest BCUT2D eigenvalue weighted by Gasteiger charge is 2.10. The summed E-state index contributed by atoms with van der Waals surface area (Å²) in [5, 5.41) is 17.5. The van der Waals surface area contributed by atoms with Crippen LogP contribution in [0.2, 0.25) is 0 Å². The van der Waals surface area contributed by atoms with Crippen LogP contribution in [-0.2, 0) is 17.8 Å². The Morgan fingerprint density at radius 1 is 0.903 bits per heavy atom. The fourth-order valence-electron chi connectivity index (χ4n) is 3.16. The summed E-state index contributed by atoms with van der Waals surface area (Å²) in [5.41, 5.74) is 4.46. The molecule has 1 amide bonds. The molecule has 7 nitrogen and oxygen atoms in total. The molecular formula is C24H19N3O4. The van der Waals surface area contributed by atoms with Gasteiger partial charge in [-0.15, -0.1) is 0 Å². The summed E-state index contributed by atoms with van der Waals surface area (Å²) in [6.45, 7) is 0.234. The molecule has 0 bridgehead atoms. The summed E-state index contributed by atoms with van der Waals surface area (Å²) >= 11 is 0. The van der Waals surface area contributed by atoms with Gasteiger partial charge in [0, 0.05) is 23.8 Å². The highest BCUT2D eigenvalue weighted by atomic mass is 16.6. The molecule has 1 N–H and O–H groups in total. The first-order valence-corrected chi connectivity index (χ1v) is 9.70. The van der Waals surface area contributed by atoms with Crippen molar-refractivity contribution >= 4 is 11.6 Å². The summed E-state index contributed by atoms with van der Waals surface area (Å²) in [7, 11) is 0. The summed E-state index contributed by atoms with van der Waals surface area (Å²) in [6, 6.07) is 25.8. The standard InChI is InChI=1S/C24H19N3O4/c28-24(14-17-6-12-22(13-7-17)27(29)30)25-16-21-15-23(31-26-21)20-10-8-19(9-11-20)18-4-2-1-3-5-18/h1-13,15H,14,16H2,(H,25,28). The van der Waals surface area contributed by atoms with Gasteiger partial charge in [0.05, 0.1) is 17.9 Å². The highest BCUT2D eigenvalue weighted by Crippen LogP contribution is 2.25. The molecule has 3 aromatic carbocycles. The smallest absolute Gasteiger partial charge is 0.269 e. The van der Waals surface area contributed by atoms with E-state index in [-0.39, 0.29) is 24.6 Å². The van der Waals surface area contributed by atoms with Gasteiger partial charge >= 0.3 is 0 Å². The minimum Gasteiger partial charge on any atom is -0.356 e. The van der Waals surface area contributed by atoms with Crippen LogP contribution in [-0.4, -0.2) is 16.0 Å². The van der Waals surface area contributed by atoms with Gasteiger partial charge in [-0.3, -0.25) is 14.9 Å². The first kappa shape index (κ1) is 20.0. The maximum absolute atomic E-state index is 12.2. The molecule has 154 valence electrons. The lowest BCUT2D eigenvalue weighted by atomic mass is 10.0. The van der Waals surface area contributed by atoms with Gasteiger partial charge in [0.2, 0.25) is 5.91 Å². The van der Waals surface area contributed by atoms with E-state index in [0.717, 1.165) is 16.7 Å². The molecule has 0 saturated heterocycles. The minimum atomic E-state index is -0.471. The number of carbonyl (C=O) groups is 1. The number of hydrogen-bond donors (Lipinski definition) is 1. The summed E-state index contributed by atoms with van der Waals surface area (Å²) in [6.07, 6.45) is 0.129. The maximum Gasteiger partial charge on any atom is 0.269 e. The third kappa shape index (κ3) is 5.02. The van der Waals surface area contributed by atoms with E-state index in [1.165, 1.54) is 12.1 Å². The summed E-state index contributed by atoms with van der Waals surface area (Å²) in [5.74, 6) is 0.421. The zero-order valence-electron chi connectivity index (χ0n) is 16.5. The van der Waals surface area contributed by atoms with Crippen molar-refractivity contribution in [1.82, 2.24) is 10.5 Å². The summed E-state index contributed by atoms with van der Waals surface area (Å²) in [4.78, 5) is 22.4. The van der Waals surface area contributed by atoms with E-state index >= 15 is 0 Å². The van der Waals surface area contributed by atoms with Crippen LogP contribution in [0.1, 0.15) is 11.3 Å². The van der Waals surface area contributed by atoms with Crippen molar-refractivity contribution in [1.29, 1.82) is 0 Å². The van der Waals surface area contributed by atoms with Gasteiger partial charge in [-0.1, -0.05) is 71.9 Å². The summed E-state index contributed by atoms with van der Waals surface area (Å²) < 4.78 is 5.42. The molecule has 1 heterocycles. The van der Waals surface area contributed by atoms with Crippen molar-refractivity contribution in [3.63, 3.8) is 0 Å². The molecule has 31 heavy (non-hydrogen) atoms. The van der Waals surface area contributed by atoms with Crippen LogP contribution in [0.25, 0.3) is 22.5 Å². The van der Waals surface area contributed by atoms with Gasteiger partial charge in [0.1, 0.15) is 5.69 Å². The molecule has 0 radical (unpaired) electrons. The fourth-order valence-corrected chi connectivity index (χ4v) is 3.16. The van der Waals surface area contributed by atoms with Crippen LogP contribution in [0.4, 0.5) is 5.69 Å². The van der Waals surface area contributed by atoms with Crippen molar-refractivity contribution in [2.75, 3.05) is 0 Å². The Bertz CT molecular complexity index is 1180. The third-order valence-corrected chi connectivity index (χ3v) is 4.81. The van der Waals surface area contributed by atoms with Gasteiger partial charge in [0.15, 0.2) is 5.76 Å². The predicted molar refractivity (Wildman–Crippen MR) is 116 cm³/mol. The predicted octanol–water partition coefficient (Wildman–Crippen LogP) is 4.78. The topological polar surface area (TPSA) is 98.3 Å². The van der Waals surface area contributed by atoms with Crippen LogP contribution in [0.5, 0.6) is 0 Å². The molecule has 0 unspecified atom stereocenters. The molecule has 0 aliphatic rings. The van der Waals surface area contributed by atoms with E-state index in [0.29, 0.717) is 17.0 Å². The number of rotatable bonds is 7. The lowest BCUT2D eigenvalue weighted by Crippen LogP contribution is -2.24. The maximum atomic E-state index is 12.2. The Labute approximate surface area is 178 Å². The normalized spacial score (nSPS) is 10.6. The number of nitrogens with one attached hydrogen (secondary N) is 1. The second-order valence-corrected chi connectivity index (χ2v) is 7.00. The van der Waals surface area contributed by atoms with Crippen molar-refractivity contribution in [2.45, 2.75) is 13.0 Å². The zero-order valence-corrected chi connectivity index (χ0v) is 16.5. The lowest BCUT2D eigenvalue weighted by Gasteiger charge is -2.03. The Balaban J connectivity index is 1.33. The molecule has 0 fully saturated rings. The second-order valence-electron chi connectivity index (χ2n) is 7.00. The number of nitro benzene ring substituents is 1. The quantitative estimate of drug-likeness (QED) is 0.347. The minimum absolute atomic E-state index is 0.00362. The van der Waals surface area contributed by atoms with Crippen molar-refractivity contribution in [2.24, 2.45) is 0 Å². The first-order chi connectivity index (χ1) is 15.1. The van der Waals surface area contributed by atoms with E-state index in [1.807, 2.05) is 42.5 Å². The first-order valence-electron chi connectivity index (χ1n) is 9.70. The van der Waals surface area contributed by atoms with E-state index < -0.39 is 4.92 Å². The van der Waals surface area contributed by atoms with Crippen LogP contribution in [0.15, 0.2) is 89.5 Å². The SMILES string of the molecule is O=C(Cc1ccc([N+](=O)[O-])cc1)NCc1cc(-c2ccc(-c3ccccc3)cc2)on1. The third-order valence-electron chi connectivity index (χ3n) is 4.81. The van der Waals surface area contributed by atoms with Crippen LogP contribution >= 0.6 is 0 Å². The van der Waals surface area contributed by atoms with E-state index in [2.05, 4.69) is 22.6 Å². The number of hydrogen-bond acceptors (Lipinski definition) is 5. The number of nitrogens with zero attached hydrogens (tertiary/aromatic N) is 2. The molecule has 0 aliphatic carbocycles. The highest BCUT2D eigenvalue weighted by molar-refractivity contribution is 5.78. The molecule has 4 rings (SSSR count). The average Bonchev–Trinajstić information content (AvgIpc) is 3.28. The van der Waals surface area contributed by atoms with Crippen molar-refractivity contribution in [3.8, 4) is 22.5 Å². The van der Waals surface area contributed by atoms with Crippen LogP contribution < -0.4 is 5.32 Å². The van der Waals surface area contributed by atoms with E-state index in [1.54, 1.807) is 18.2 Å². The van der Waals surface area contributed by atoms with Gasteiger partial charge in [-0.2, -0.15) is 0 Å². The van der Waals surface area contributed by atoms with Crippen molar-refractivity contribution < 1.29 is 14.2 Å². The fraction of sp³-hybridized carbons (Fsp3) is 0.0833. The Morgan fingerprint density at radius 3 is 2.23 bits per heavy atom. The molecule has 0 atom stereocenters. The van der Waals surface area contributed by atoms with E-state index in [9.17, 15) is 14.9 Å². The number of non-ortho nitro benzene ring substituents is 1. The van der Waals surface area contributed by atoms with Gasteiger partial charge in [0.25, 0.3) is 5.69 Å². The Hall–Kier alpha value is -4.26. The number of amides is 1. The monoisotopic (exact) mass is 413 g/mol. The molecule has 0 aliphatic heterocycles. The Morgan fingerprint density at radius 2 is 1.55 bits per heavy atom. The van der Waals surface area contributed by atoms with Crippen LogP contribution in [0.3, 0.4) is 0 Å². The molecule has 1 aromatic heterocycles. The van der Waals surface area contributed by atoms with Gasteiger partial charge < -0.3 is 9.84 Å². The van der Waals surface area contributed by atoms with Gasteiger partial charge in [-0.25, -0.2) is 0 Å².